The average molecular weight is 457 g/mol. The van der Waals surface area contributed by atoms with E-state index in [-0.39, 0.29) is 34.8 Å². The number of aliphatic hydroxyl groups is 1. The van der Waals surface area contributed by atoms with E-state index in [0.717, 1.165) is 30.9 Å². The van der Waals surface area contributed by atoms with Gasteiger partial charge in [0.15, 0.2) is 0 Å². The number of epoxide rings is 1. The van der Waals surface area contributed by atoms with Crippen molar-refractivity contribution in [3.63, 3.8) is 0 Å². The smallest absolute Gasteiger partial charge is 0.119 e. The van der Waals surface area contributed by atoms with Gasteiger partial charge in [-0.2, -0.15) is 0 Å². The Morgan fingerprint density at radius 2 is 1.47 bits per heavy atom. The summed E-state index contributed by atoms with van der Waals surface area (Å²) < 4.78 is 17.3. The van der Waals surface area contributed by atoms with Gasteiger partial charge in [0.2, 0.25) is 0 Å². The largest absolute Gasteiger partial charge is 0.491 e. The van der Waals surface area contributed by atoms with Crippen molar-refractivity contribution in [1.29, 1.82) is 0 Å². The monoisotopic (exact) mass is 456 g/mol. The van der Waals surface area contributed by atoms with Crippen molar-refractivity contribution in [3.05, 3.63) is 58.7 Å². The molecule has 5 rings (SSSR count). The molecule has 0 amide bonds. The third-order valence-electron chi connectivity index (χ3n) is 7.42. The fourth-order valence-electron chi connectivity index (χ4n) is 6.08. The Hall–Kier alpha value is -1.75. The number of benzene rings is 2. The van der Waals surface area contributed by atoms with E-state index in [1.165, 1.54) is 22.3 Å². The highest BCUT2D eigenvalue weighted by Crippen LogP contribution is 2.63. The lowest BCUT2D eigenvalue weighted by atomic mass is 9.72. The number of ether oxygens (including phenoxy) is 3. The molecule has 0 bridgehead atoms. The van der Waals surface area contributed by atoms with Crippen molar-refractivity contribution in [2.24, 2.45) is 0 Å². The average Bonchev–Trinajstić information content (AvgIpc) is 3.52. The van der Waals surface area contributed by atoms with E-state index in [0.29, 0.717) is 6.61 Å². The first-order valence-electron chi connectivity index (χ1n) is 11.6. The minimum atomic E-state index is -0.670. The molecule has 3 aliphatic rings. The molecule has 0 radical (unpaired) electrons. The van der Waals surface area contributed by atoms with Gasteiger partial charge in [-0.1, -0.05) is 39.8 Å². The molecule has 0 aromatic heterocycles. The second kappa shape index (κ2) is 7.65. The van der Waals surface area contributed by atoms with Crippen molar-refractivity contribution in [2.45, 2.75) is 69.0 Å². The van der Waals surface area contributed by atoms with Crippen molar-refractivity contribution in [3.8, 4) is 11.5 Å². The molecule has 1 aliphatic heterocycles. The number of rotatable bonds is 7. The van der Waals surface area contributed by atoms with E-state index in [1.807, 2.05) is 6.07 Å². The Morgan fingerprint density at radius 3 is 1.97 bits per heavy atom. The second-order valence-corrected chi connectivity index (χ2v) is 11.3. The topological polar surface area (TPSA) is 51.2 Å². The third kappa shape index (κ3) is 3.70. The molecule has 2 aromatic rings. The minimum Gasteiger partial charge on any atom is -0.491 e. The van der Waals surface area contributed by atoms with Crippen LogP contribution in [0.2, 0.25) is 0 Å². The summed E-state index contributed by atoms with van der Waals surface area (Å²) in [4.78, 5) is 0. The summed E-state index contributed by atoms with van der Waals surface area (Å²) in [6, 6.07) is 13.1. The molecule has 3 atom stereocenters. The third-order valence-corrected chi connectivity index (χ3v) is 7.77. The first-order chi connectivity index (χ1) is 15.1. The van der Waals surface area contributed by atoms with E-state index >= 15 is 0 Å². The molecule has 1 fully saturated rings. The van der Waals surface area contributed by atoms with Crippen LogP contribution in [0, 0.1) is 0 Å². The molecule has 1 N–H and O–H groups in total. The molecule has 2 aromatic carbocycles. The molecular weight excluding hydrogens is 424 g/mol. The number of halogens is 1. The van der Waals surface area contributed by atoms with E-state index in [2.05, 4.69) is 58.0 Å². The molecule has 1 heterocycles. The van der Waals surface area contributed by atoms with E-state index in [4.69, 9.17) is 25.8 Å². The van der Waals surface area contributed by atoms with E-state index < -0.39 is 6.10 Å². The molecule has 1 spiro atoms. The molecule has 3 unspecified atom stereocenters. The van der Waals surface area contributed by atoms with Crippen LogP contribution >= 0.6 is 11.6 Å². The van der Waals surface area contributed by atoms with Crippen LogP contribution in [-0.2, 0) is 21.0 Å². The summed E-state index contributed by atoms with van der Waals surface area (Å²) in [6.45, 7) is 11.0. The Labute approximate surface area is 195 Å². The Bertz CT molecular complexity index is 1020. The standard InChI is InChI=1S/C27H33ClO4/c1-25(2)15-27(23-9-18(5-7-21(23)25)30-12-17(29)11-28)16-26(3,4)22-8-6-19(10-24(22)27)31-13-20-14-32-20/h5-10,17,20,29H,11-16H2,1-4H3. The van der Waals surface area contributed by atoms with Gasteiger partial charge in [0, 0.05) is 5.41 Å². The van der Waals surface area contributed by atoms with Gasteiger partial charge in [-0.25, -0.2) is 0 Å². The quantitative estimate of drug-likeness (QED) is 0.465. The first kappa shape index (κ1) is 22.1. The molecule has 1 saturated heterocycles. The zero-order valence-electron chi connectivity index (χ0n) is 19.4. The molecule has 2 aliphatic carbocycles. The molecule has 5 heteroatoms. The molecule has 4 nitrogen and oxygen atoms in total. The van der Waals surface area contributed by atoms with Gasteiger partial charge in [-0.3, -0.25) is 0 Å². The number of fused-ring (bicyclic) bond motifs is 4. The number of alkyl halides is 1. The van der Waals surface area contributed by atoms with E-state index in [9.17, 15) is 5.11 Å². The zero-order chi connectivity index (χ0) is 22.7. The fraction of sp³-hybridized carbons (Fsp3) is 0.556. The van der Waals surface area contributed by atoms with Crippen molar-refractivity contribution >= 4 is 11.6 Å². The summed E-state index contributed by atoms with van der Waals surface area (Å²) in [5.74, 6) is 1.87. The van der Waals surface area contributed by atoms with Gasteiger partial charge in [0.25, 0.3) is 0 Å². The minimum absolute atomic E-state index is 0.0555. The predicted molar refractivity (Wildman–Crippen MR) is 126 cm³/mol. The van der Waals surface area contributed by atoms with Crippen LogP contribution in [-0.4, -0.2) is 43.0 Å². The lowest BCUT2D eigenvalue weighted by Gasteiger charge is -2.30. The lowest BCUT2D eigenvalue weighted by Crippen LogP contribution is -2.27. The van der Waals surface area contributed by atoms with Crippen LogP contribution in [0.5, 0.6) is 11.5 Å². The van der Waals surface area contributed by atoms with Crippen LogP contribution in [0.15, 0.2) is 36.4 Å². The van der Waals surface area contributed by atoms with Crippen molar-refractivity contribution in [1.82, 2.24) is 0 Å². The van der Waals surface area contributed by atoms with Crippen LogP contribution in [0.25, 0.3) is 0 Å². The highest BCUT2D eigenvalue weighted by molar-refractivity contribution is 6.18. The van der Waals surface area contributed by atoms with Crippen molar-refractivity contribution in [2.75, 3.05) is 25.7 Å². The maximum Gasteiger partial charge on any atom is 0.119 e. The van der Waals surface area contributed by atoms with Gasteiger partial charge in [-0.15, -0.1) is 11.6 Å². The van der Waals surface area contributed by atoms with Gasteiger partial charge < -0.3 is 19.3 Å². The number of hydrogen-bond acceptors (Lipinski definition) is 4. The van der Waals surface area contributed by atoms with E-state index in [1.54, 1.807) is 0 Å². The summed E-state index contributed by atoms with van der Waals surface area (Å²) in [5, 5.41) is 9.84. The van der Waals surface area contributed by atoms with Gasteiger partial charge >= 0.3 is 0 Å². The molecule has 172 valence electrons. The number of hydrogen-bond donors (Lipinski definition) is 1. The van der Waals surface area contributed by atoms with Crippen LogP contribution in [0.4, 0.5) is 0 Å². The summed E-state index contributed by atoms with van der Waals surface area (Å²) in [6.07, 6.45) is 1.67. The molecule has 32 heavy (non-hydrogen) atoms. The van der Waals surface area contributed by atoms with Gasteiger partial charge in [-0.05, 0) is 70.2 Å². The fourth-order valence-corrected chi connectivity index (χ4v) is 6.17. The van der Waals surface area contributed by atoms with Crippen LogP contribution < -0.4 is 9.47 Å². The van der Waals surface area contributed by atoms with Crippen LogP contribution in [0.3, 0.4) is 0 Å². The molecular formula is C27H33ClO4. The Balaban J connectivity index is 1.57. The summed E-state index contributed by atoms with van der Waals surface area (Å²) in [5.41, 5.74) is 5.54. The zero-order valence-corrected chi connectivity index (χ0v) is 20.2. The maximum absolute atomic E-state index is 9.84. The molecule has 0 saturated carbocycles. The van der Waals surface area contributed by atoms with Crippen molar-refractivity contribution < 1.29 is 19.3 Å². The first-order valence-corrected chi connectivity index (χ1v) is 12.1. The highest BCUT2D eigenvalue weighted by Gasteiger charge is 2.56. The Morgan fingerprint density at radius 1 is 0.938 bits per heavy atom. The lowest BCUT2D eigenvalue weighted by molar-refractivity contribution is 0.125. The highest BCUT2D eigenvalue weighted by atomic mass is 35.5. The second-order valence-electron chi connectivity index (χ2n) is 11.0. The summed E-state index contributed by atoms with van der Waals surface area (Å²) in [7, 11) is 0. The SMILES string of the molecule is CC1(C)CC2(CC(C)(C)c3ccc(OCC4CO4)cc32)c2cc(OCC(O)CCl)ccc21. The predicted octanol–water partition coefficient (Wildman–Crippen LogP) is 5.09. The maximum atomic E-state index is 9.84. The summed E-state index contributed by atoms with van der Waals surface area (Å²) >= 11 is 5.75. The van der Waals surface area contributed by atoms with Crippen LogP contribution in [0.1, 0.15) is 62.8 Å². The number of aliphatic hydroxyl groups excluding tert-OH is 1. The normalized spacial score (nSPS) is 27.1. The van der Waals surface area contributed by atoms with Gasteiger partial charge in [0.05, 0.1) is 12.5 Å². The Kier molecular flexibility index (Phi) is 5.27. The van der Waals surface area contributed by atoms with Gasteiger partial charge in [0.1, 0.15) is 36.9 Å².